The number of hydrogen-bond donors (Lipinski definition) is 1. The molecule has 0 radical (unpaired) electrons. The molecule has 2 nitrogen and oxygen atoms in total. The maximum Gasteiger partial charge on any atom is 0.249 e. The molecule has 0 saturated carbocycles. The van der Waals surface area contributed by atoms with E-state index >= 15 is 0 Å². The molecule has 4 heteroatoms. The highest BCUT2D eigenvalue weighted by Crippen LogP contribution is 2.19. The van der Waals surface area contributed by atoms with Crippen LogP contribution in [0.3, 0.4) is 0 Å². The average Bonchev–Trinajstić information content (AvgIpc) is 2.14. The van der Waals surface area contributed by atoms with Crippen LogP contribution < -0.4 is 5.73 Å². The van der Waals surface area contributed by atoms with Crippen molar-refractivity contribution in [2.24, 2.45) is 5.73 Å². The first-order valence-electron chi connectivity index (χ1n) is 3.41. The van der Waals surface area contributed by atoms with Gasteiger partial charge in [0.15, 0.2) is 0 Å². The number of rotatable bonds is 1. The van der Waals surface area contributed by atoms with Crippen molar-refractivity contribution in [1.29, 1.82) is 0 Å². The maximum atomic E-state index is 12.7. The standard InChI is InChI=1S/C8H9FNOP/c9-5-1-3-6(8(10)11)7(12)4-2-5/h1-5H,12H2,(H2,10,11)/t5-/m1/s1. The molecule has 0 aliphatic heterocycles. The maximum absolute atomic E-state index is 12.7. The highest BCUT2D eigenvalue weighted by molar-refractivity contribution is 7.23. The Balaban J connectivity index is 3.04. The van der Waals surface area contributed by atoms with E-state index in [0.29, 0.717) is 10.9 Å². The fourth-order valence-corrected chi connectivity index (χ4v) is 1.21. The minimum Gasteiger partial charge on any atom is -0.366 e. The number of amides is 1. The van der Waals surface area contributed by atoms with E-state index in [0.717, 1.165) is 0 Å². The number of primary amides is 1. The van der Waals surface area contributed by atoms with E-state index in [1.54, 1.807) is 0 Å². The molecule has 0 aromatic rings. The molecule has 0 fully saturated rings. The van der Waals surface area contributed by atoms with Crippen LogP contribution >= 0.6 is 9.24 Å². The van der Waals surface area contributed by atoms with Gasteiger partial charge in [0.2, 0.25) is 5.91 Å². The van der Waals surface area contributed by atoms with Crippen molar-refractivity contribution in [1.82, 2.24) is 0 Å². The second kappa shape index (κ2) is 3.63. The van der Waals surface area contributed by atoms with E-state index in [-0.39, 0.29) is 0 Å². The summed E-state index contributed by atoms with van der Waals surface area (Å²) in [6.45, 7) is 0. The normalized spacial score (nSPS) is 22.7. The van der Waals surface area contributed by atoms with E-state index in [9.17, 15) is 9.18 Å². The fraction of sp³-hybridized carbons (Fsp3) is 0.125. The predicted molar refractivity (Wildman–Crippen MR) is 49.1 cm³/mol. The van der Waals surface area contributed by atoms with E-state index in [2.05, 4.69) is 9.24 Å². The van der Waals surface area contributed by atoms with Crippen LogP contribution in [0.2, 0.25) is 0 Å². The summed E-state index contributed by atoms with van der Waals surface area (Å²) in [5, 5.41) is 0.610. The molecule has 64 valence electrons. The van der Waals surface area contributed by atoms with E-state index in [1.165, 1.54) is 24.3 Å². The molecule has 0 bridgehead atoms. The summed E-state index contributed by atoms with van der Waals surface area (Å²) < 4.78 is 12.7. The Labute approximate surface area is 72.2 Å². The first-order chi connectivity index (χ1) is 5.61. The van der Waals surface area contributed by atoms with Crippen molar-refractivity contribution in [3.05, 3.63) is 35.2 Å². The van der Waals surface area contributed by atoms with Crippen LogP contribution in [0.1, 0.15) is 0 Å². The zero-order chi connectivity index (χ0) is 9.14. The average molecular weight is 185 g/mol. The van der Waals surface area contributed by atoms with Crippen LogP contribution in [0, 0.1) is 0 Å². The Morgan fingerprint density at radius 3 is 2.67 bits per heavy atom. The molecule has 1 rings (SSSR count). The molecule has 1 unspecified atom stereocenters. The number of carbonyl (C=O) groups excluding carboxylic acids is 1. The molecule has 12 heavy (non-hydrogen) atoms. The van der Waals surface area contributed by atoms with Crippen LogP contribution in [0.5, 0.6) is 0 Å². The van der Waals surface area contributed by atoms with Crippen LogP contribution in [0.4, 0.5) is 4.39 Å². The number of allylic oxidation sites excluding steroid dienone is 4. The van der Waals surface area contributed by atoms with Crippen molar-refractivity contribution in [2.75, 3.05) is 0 Å². The molecule has 0 aromatic heterocycles. The Kier molecular flexibility index (Phi) is 2.77. The SMILES string of the molecule is NC(=O)C1=C(P)C=C[C@H](F)C=C1. The number of hydrogen-bond acceptors (Lipinski definition) is 1. The molecule has 0 saturated heterocycles. The van der Waals surface area contributed by atoms with Gasteiger partial charge in [0.25, 0.3) is 0 Å². The van der Waals surface area contributed by atoms with E-state index in [1.807, 2.05) is 0 Å². The van der Waals surface area contributed by atoms with Gasteiger partial charge in [0.1, 0.15) is 6.17 Å². The third kappa shape index (κ3) is 2.02. The van der Waals surface area contributed by atoms with Crippen LogP contribution in [0.25, 0.3) is 0 Å². The third-order valence-electron chi connectivity index (χ3n) is 1.48. The van der Waals surface area contributed by atoms with Gasteiger partial charge in [0.05, 0.1) is 0 Å². The van der Waals surface area contributed by atoms with Gasteiger partial charge in [-0.1, -0.05) is 6.08 Å². The Morgan fingerprint density at radius 1 is 1.50 bits per heavy atom. The van der Waals surface area contributed by atoms with Gasteiger partial charge in [0, 0.05) is 5.57 Å². The molecular weight excluding hydrogens is 176 g/mol. The van der Waals surface area contributed by atoms with Gasteiger partial charge in [-0.05, 0) is 23.5 Å². The van der Waals surface area contributed by atoms with Crippen molar-refractivity contribution in [3.63, 3.8) is 0 Å². The lowest BCUT2D eigenvalue weighted by Gasteiger charge is -1.96. The Bertz CT molecular complexity index is 293. The first-order valence-corrected chi connectivity index (χ1v) is 3.99. The number of alkyl halides is 1. The van der Waals surface area contributed by atoms with E-state index in [4.69, 9.17) is 5.73 Å². The number of nitrogens with two attached hydrogens (primary N) is 1. The summed E-state index contributed by atoms with van der Waals surface area (Å²) in [5.41, 5.74) is 5.38. The lowest BCUT2D eigenvalue weighted by atomic mass is 10.2. The molecule has 1 amide bonds. The monoisotopic (exact) mass is 185 g/mol. The zero-order valence-corrected chi connectivity index (χ0v) is 7.48. The van der Waals surface area contributed by atoms with Gasteiger partial charge in [-0.2, -0.15) is 0 Å². The predicted octanol–water partition coefficient (Wildman–Crippen LogP) is 1.06. The summed E-state index contributed by atoms with van der Waals surface area (Å²) >= 11 is 0. The highest BCUT2D eigenvalue weighted by atomic mass is 31.0. The molecular formula is C8H9FNOP. The van der Waals surface area contributed by atoms with Crippen LogP contribution in [0.15, 0.2) is 35.2 Å². The molecule has 0 aromatic carbocycles. The van der Waals surface area contributed by atoms with Gasteiger partial charge in [-0.3, -0.25) is 4.79 Å². The molecule has 0 spiro atoms. The van der Waals surface area contributed by atoms with Crippen molar-refractivity contribution >= 4 is 15.1 Å². The topological polar surface area (TPSA) is 43.1 Å². The van der Waals surface area contributed by atoms with Crippen LogP contribution in [-0.2, 0) is 4.79 Å². The molecule has 0 heterocycles. The second-order valence-corrected chi connectivity index (χ2v) is 3.02. The molecule has 2 N–H and O–H groups in total. The summed E-state index contributed by atoms with van der Waals surface area (Å²) in [5.74, 6) is -0.546. The van der Waals surface area contributed by atoms with E-state index < -0.39 is 12.1 Å². The smallest absolute Gasteiger partial charge is 0.249 e. The number of halogens is 1. The summed E-state index contributed by atoms with van der Waals surface area (Å²) in [6.07, 6.45) is 4.42. The Morgan fingerprint density at radius 2 is 2.08 bits per heavy atom. The molecule has 1 aliphatic rings. The lowest BCUT2D eigenvalue weighted by molar-refractivity contribution is -0.114. The summed E-state index contributed by atoms with van der Waals surface area (Å²) in [4.78, 5) is 10.8. The third-order valence-corrected chi connectivity index (χ3v) is 1.99. The summed E-state index contributed by atoms with van der Waals surface area (Å²) in [6, 6.07) is 0. The largest absolute Gasteiger partial charge is 0.366 e. The minimum absolute atomic E-state index is 0.330. The second-order valence-electron chi connectivity index (χ2n) is 2.40. The minimum atomic E-state index is -1.14. The van der Waals surface area contributed by atoms with Gasteiger partial charge in [-0.15, -0.1) is 9.24 Å². The van der Waals surface area contributed by atoms with Crippen molar-refractivity contribution in [3.8, 4) is 0 Å². The Hall–Kier alpha value is -0.950. The van der Waals surface area contributed by atoms with Crippen LogP contribution in [-0.4, -0.2) is 12.1 Å². The molecule has 1 aliphatic carbocycles. The number of carbonyl (C=O) groups is 1. The lowest BCUT2D eigenvalue weighted by Crippen LogP contribution is -2.13. The highest BCUT2D eigenvalue weighted by Gasteiger charge is 2.08. The van der Waals surface area contributed by atoms with Gasteiger partial charge < -0.3 is 5.73 Å². The van der Waals surface area contributed by atoms with Crippen molar-refractivity contribution in [2.45, 2.75) is 6.17 Å². The zero-order valence-electron chi connectivity index (χ0n) is 6.33. The first kappa shape index (κ1) is 9.14. The van der Waals surface area contributed by atoms with Gasteiger partial charge >= 0.3 is 0 Å². The quantitative estimate of drug-likeness (QED) is 0.610. The fourth-order valence-electron chi connectivity index (χ4n) is 0.858. The summed E-state index contributed by atoms with van der Waals surface area (Å²) in [7, 11) is 2.34. The van der Waals surface area contributed by atoms with Gasteiger partial charge in [-0.25, -0.2) is 4.39 Å². The van der Waals surface area contributed by atoms with Crippen molar-refractivity contribution < 1.29 is 9.18 Å². The molecule has 2 atom stereocenters.